The quantitative estimate of drug-likeness (QED) is 0.143. The average Bonchev–Trinajstić information content (AvgIpc) is 4.15. The van der Waals surface area contributed by atoms with Crippen LogP contribution in [0.2, 0.25) is 0 Å². The lowest BCUT2D eigenvalue weighted by atomic mass is 9.82. The summed E-state index contributed by atoms with van der Waals surface area (Å²) in [6, 6.07) is 102. The predicted octanol–water partition coefficient (Wildman–Crippen LogP) is 22.0. The number of para-hydroxylation sites is 2. The molecule has 82 heavy (non-hydrogen) atoms. The average molecular weight is 1070 g/mol. The van der Waals surface area contributed by atoms with E-state index in [0.717, 1.165) is 39.8 Å². The Balaban J connectivity index is 0.796. The number of nitrogens with zero attached hydrogens (tertiary/aromatic N) is 3. The van der Waals surface area contributed by atoms with Gasteiger partial charge >= 0.3 is 0 Å². The van der Waals surface area contributed by atoms with Crippen LogP contribution in [-0.4, -0.2) is 4.57 Å². The van der Waals surface area contributed by atoms with Gasteiger partial charge in [0.25, 0.3) is 0 Å². The van der Waals surface area contributed by atoms with Crippen LogP contribution in [-0.2, 0) is 10.8 Å². The molecule has 2 aromatic heterocycles. The summed E-state index contributed by atoms with van der Waals surface area (Å²) < 4.78 is 5.08. The van der Waals surface area contributed by atoms with Gasteiger partial charge in [0.2, 0.25) is 0 Å². The van der Waals surface area contributed by atoms with Gasteiger partial charge in [-0.25, -0.2) is 0 Å². The molecular weight excluding hydrogens is 1010 g/mol. The summed E-state index contributed by atoms with van der Waals surface area (Å²) in [6.07, 6.45) is 0. The molecule has 0 fully saturated rings. The molecule has 2 aliphatic rings. The highest BCUT2D eigenvalue weighted by Gasteiger charge is 2.37. The monoisotopic (exact) mass is 1070 g/mol. The normalized spacial score (nSPS) is 13.6. The highest BCUT2D eigenvalue weighted by atomic mass is 32.1. The zero-order valence-electron chi connectivity index (χ0n) is 46.2. The SMILES string of the molecule is CC1(C)c2ccccc2-c2ccc(N(c3ccccc3)c3ccc(-c4ccc5c(c4)c4cc(-c6ccc(N(c7ccccc7)c7ccc8c(c7)C(C)(C)c7ccccc7-8)cc6)ccc4n5-c4ccc5sc6ccccc6c5c4)cc3)cc21. The zero-order chi connectivity index (χ0) is 54.8. The summed E-state index contributed by atoms with van der Waals surface area (Å²) >= 11 is 1.86. The molecule has 3 nitrogen and oxygen atoms in total. The number of hydrogen-bond donors (Lipinski definition) is 0. The van der Waals surface area contributed by atoms with E-state index < -0.39 is 0 Å². The van der Waals surface area contributed by atoms with Crippen molar-refractivity contribution in [1.29, 1.82) is 0 Å². The third kappa shape index (κ3) is 7.48. The highest BCUT2D eigenvalue weighted by Crippen LogP contribution is 2.53. The number of anilines is 6. The standard InChI is InChI=1S/C78H57N3S/c1-77(2)69-24-14-11-21-61(69)63-40-37-59(48-71(63)77)79(54-17-7-5-8-18-54)56-33-27-50(28-34-56)52-31-42-73-66(45-52)67-46-53(32-43-74(67)81(73)58-39-44-76-68(47-58)65-23-13-16-26-75(65)82-76)51-29-35-57(36-30-51)80(55-19-9-6-10-20-55)60-38-41-64-62-22-12-15-25-70(62)78(3,4)72(64)49-60/h5-49H,1-4H3. The van der Waals surface area contributed by atoms with E-state index in [2.05, 4.69) is 315 Å². The van der Waals surface area contributed by atoms with E-state index in [0.29, 0.717) is 0 Å². The van der Waals surface area contributed by atoms with E-state index in [-0.39, 0.29) is 10.8 Å². The van der Waals surface area contributed by atoms with Crippen LogP contribution < -0.4 is 9.80 Å². The molecule has 16 rings (SSSR count). The first kappa shape index (κ1) is 48.2. The topological polar surface area (TPSA) is 11.4 Å². The largest absolute Gasteiger partial charge is 0.310 e. The van der Waals surface area contributed by atoms with Gasteiger partial charge < -0.3 is 14.4 Å². The van der Waals surface area contributed by atoms with Crippen molar-refractivity contribution in [2.45, 2.75) is 38.5 Å². The Morgan fingerprint density at radius 2 is 0.683 bits per heavy atom. The van der Waals surface area contributed by atoms with Crippen LogP contribution in [0.4, 0.5) is 34.1 Å². The molecule has 0 spiro atoms. The van der Waals surface area contributed by atoms with Gasteiger partial charge in [0.05, 0.1) is 11.0 Å². The van der Waals surface area contributed by atoms with Crippen LogP contribution in [0.25, 0.3) is 92.2 Å². The molecule has 0 aliphatic heterocycles. The van der Waals surface area contributed by atoms with E-state index in [1.165, 1.54) is 109 Å². The predicted molar refractivity (Wildman–Crippen MR) is 349 cm³/mol. The van der Waals surface area contributed by atoms with Crippen LogP contribution in [0.1, 0.15) is 49.9 Å². The van der Waals surface area contributed by atoms with Crippen molar-refractivity contribution >= 4 is 87.4 Å². The minimum atomic E-state index is -0.105. The minimum Gasteiger partial charge on any atom is -0.310 e. The van der Waals surface area contributed by atoms with Crippen molar-refractivity contribution in [3.63, 3.8) is 0 Å². The molecule has 0 N–H and O–H groups in total. The molecule has 390 valence electrons. The lowest BCUT2D eigenvalue weighted by Crippen LogP contribution is -2.16. The Bertz CT molecular complexity index is 4600. The highest BCUT2D eigenvalue weighted by molar-refractivity contribution is 7.25. The van der Waals surface area contributed by atoms with Gasteiger partial charge in [-0.2, -0.15) is 0 Å². The van der Waals surface area contributed by atoms with Crippen molar-refractivity contribution < 1.29 is 0 Å². The Kier molecular flexibility index (Phi) is 10.8. The van der Waals surface area contributed by atoms with Crippen LogP contribution in [0.15, 0.2) is 273 Å². The van der Waals surface area contributed by atoms with Crippen LogP contribution in [0, 0.1) is 0 Å². The van der Waals surface area contributed by atoms with E-state index in [4.69, 9.17) is 0 Å². The Morgan fingerprint density at radius 3 is 1.20 bits per heavy atom. The number of fused-ring (bicyclic) bond motifs is 12. The number of thiophene rings is 1. The molecule has 0 radical (unpaired) electrons. The summed E-state index contributed by atoms with van der Waals surface area (Å²) in [7, 11) is 0. The van der Waals surface area contributed by atoms with Gasteiger partial charge in [-0.15, -0.1) is 11.3 Å². The second-order valence-electron chi connectivity index (χ2n) is 23.3. The summed E-state index contributed by atoms with van der Waals surface area (Å²) in [5.74, 6) is 0. The van der Waals surface area contributed by atoms with Crippen LogP contribution in [0.5, 0.6) is 0 Å². The lowest BCUT2D eigenvalue weighted by Gasteiger charge is -2.28. The molecule has 0 unspecified atom stereocenters. The van der Waals surface area contributed by atoms with E-state index >= 15 is 0 Å². The first-order valence-corrected chi connectivity index (χ1v) is 29.4. The van der Waals surface area contributed by atoms with Gasteiger partial charge in [-0.05, 0) is 188 Å². The van der Waals surface area contributed by atoms with Crippen LogP contribution in [0.3, 0.4) is 0 Å². The summed E-state index contributed by atoms with van der Waals surface area (Å²) in [5, 5.41) is 5.03. The van der Waals surface area contributed by atoms with Crippen molar-refractivity contribution in [3.8, 4) is 50.2 Å². The second kappa shape index (κ2) is 18.4. The van der Waals surface area contributed by atoms with Gasteiger partial charge in [0.15, 0.2) is 0 Å². The summed E-state index contributed by atoms with van der Waals surface area (Å²) in [4.78, 5) is 4.79. The third-order valence-electron chi connectivity index (χ3n) is 18.0. The van der Waals surface area contributed by atoms with Crippen molar-refractivity contribution in [2.75, 3.05) is 9.80 Å². The molecule has 0 amide bonds. The Labute approximate surface area is 482 Å². The molecule has 0 bridgehead atoms. The number of hydrogen-bond acceptors (Lipinski definition) is 3. The van der Waals surface area contributed by atoms with E-state index in [1.807, 2.05) is 11.3 Å². The second-order valence-corrected chi connectivity index (χ2v) is 24.4. The lowest BCUT2D eigenvalue weighted by molar-refractivity contribution is 0.660. The first-order chi connectivity index (χ1) is 40.2. The molecule has 2 aliphatic carbocycles. The number of benzene rings is 12. The maximum atomic E-state index is 2.47. The maximum Gasteiger partial charge on any atom is 0.0541 e. The van der Waals surface area contributed by atoms with Gasteiger partial charge in [0, 0.05) is 81.6 Å². The fourth-order valence-corrected chi connectivity index (χ4v) is 14.9. The van der Waals surface area contributed by atoms with Gasteiger partial charge in [0.1, 0.15) is 0 Å². The first-order valence-electron chi connectivity index (χ1n) is 28.6. The molecule has 12 aromatic carbocycles. The zero-order valence-corrected chi connectivity index (χ0v) is 47.0. The molecule has 4 heteroatoms. The van der Waals surface area contributed by atoms with Gasteiger partial charge in [-0.3, -0.25) is 0 Å². The van der Waals surface area contributed by atoms with E-state index in [1.54, 1.807) is 0 Å². The van der Waals surface area contributed by atoms with E-state index in [9.17, 15) is 0 Å². The van der Waals surface area contributed by atoms with Gasteiger partial charge in [-0.1, -0.05) is 179 Å². The minimum absolute atomic E-state index is 0.105. The third-order valence-corrected chi connectivity index (χ3v) is 19.1. The maximum absolute atomic E-state index is 2.47. The fourth-order valence-electron chi connectivity index (χ4n) is 13.8. The number of rotatable bonds is 9. The Morgan fingerprint density at radius 1 is 0.280 bits per heavy atom. The molecule has 2 heterocycles. The Hall–Kier alpha value is -9.74. The molecule has 14 aromatic rings. The van der Waals surface area contributed by atoms with Crippen molar-refractivity contribution in [1.82, 2.24) is 4.57 Å². The smallest absolute Gasteiger partial charge is 0.0541 e. The van der Waals surface area contributed by atoms with Crippen LogP contribution >= 0.6 is 11.3 Å². The summed E-state index contributed by atoms with van der Waals surface area (Å²) in [5.41, 5.74) is 25.6. The molecule has 0 atom stereocenters. The van der Waals surface area contributed by atoms with Crippen molar-refractivity contribution in [2.24, 2.45) is 0 Å². The molecule has 0 saturated heterocycles. The molecule has 0 saturated carbocycles. The fraction of sp³-hybridized carbons (Fsp3) is 0.0769. The summed E-state index contributed by atoms with van der Waals surface area (Å²) in [6.45, 7) is 9.43. The number of aromatic nitrogens is 1. The molecular formula is C78H57N3S. The van der Waals surface area contributed by atoms with Crippen molar-refractivity contribution in [3.05, 3.63) is 295 Å².